The summed E-state index contributed by atoms with van der Waals surface area (Å²) in [6.07, 6.45) is 0. The Morgan fingerprint density at radius 1 is 1.53 bits per heavy atom. The summed E-state index contributed by atoms with van der Waals surface area (Å²) in [5, 5.41) is 8.99. The lowest BCUT2D eigenvalue weighted by atomic mass is 10.1. The molecular weight excluding hydrogens is 280 g/mol. The molecule has 0 bridgehead atoms. The Labute approximate surface area is 110 Å². The predicted octanol–water partition coefficient (Wildman–Crippen LogP) is 2.69. The number of hydrogen-bond acceptors (Lipinski definition) is 2. The van der Waals surface area contributed by atoms with Crippen molar-refractivity contribution in [2.75, 3.05) is 6.54 Å². The second-order valence-electron chi connectivity index (χ2n) is 3.74. The maximum atomic E-state index is 11.9. The molecule has 0 heterocycles. The van der Waals surface area contributed by atoms with Crippen LogP contribution in [0.25, 0.3) is 0 Å². The van der Waals surface area contributed by atoms with Gasteiger partial charge in [-0.25, -0.2) is 0 Å². The minimum Gasteiger partial charge on any atom is -0.338 e. The van der Waals surface area contributed by atoms with Crippen LogP contribution in [0.1, 0.15) is 25.0 Å². The van der Waals surface area contributed by atoms with Crippen LogP contribution in [0.15, 0.2) is 24.3 Å². The molecule has 0 aromatic heterocycles. The molecule has 1 unspecified atom stereocenters. The first-order valence-electron chi connectivity index (χ1n) is 5.51. The van der Waals surface area contributed by atoms with Crippen molar-refractivity contribution in [3.05, 3.63) is 35.4 Å². The third-order valence-electron chi connectivity index (χ3n) is 2.53. The van der Waals surface area contributed by atoms with Crippen LogP contribution < -0.4 is 0 Å². The van der Waals surface area contributed by atoms with Crippen LogP contribution in [0.4, 0.5) is 0 Å². The van der Waals surface area contributed by atoms with Crippen LogP contribution in [0, 0.1) is 11.3 Å². The molecule has 1 aromatic rings. The summed E-state index contributed by atoms with van der Waals surface area (Å²) < 4.78 is 0. The summed E-state index contributed by atoms with van der Waals surface area (Å²) in [5.41, 5.74) is 1.51. The van der Waals surface area contributed by atoms with E-state index >= 15 is 0 Å². The summed E-state index contributed by atoms with van der Waals surface area (Å²) >= 11 is 3.27. The maximum absolute atomic E-state index is 11.9. The molecule has 1 amide bonds. The van der Waals surface area contributed by atoms with E-state index in [-0.39, 0.29) is 10.7 Å². The number of halogens is 1. The first-order chi connectivity index (χ1) is 8.10. The average Bonchev–Trinajstić information content (AvgIpc) is 2.35. The van der Waals surface area contributed by atoms with E-state index in [1.165, 1.54) is 0 Å². The van der Waals surface area contributed by atoms with Crippen molar-refractivity contribution in [1.29, 1.82) is 5.26 Å². The van der Waals surface area contributed by atoms with E-state index in [4.69, 9.17) is 5.26 Å². The smallest absolute Gasteiger partial charge is 0.236 e. The highest BCUT2D eigenvalue weighted by molar-refractivity contribution is 9.10. The normalized spacial score (nSPS) is 11.6. The number of hydrogen-bond donors (Lipinski definition) is 0. The van der Waals surface area contributed by atoms with E-state index in [0.717, 1.165) is 5.56 Å². The minimum atomic E-state index is -0.198. The maximum Gasteiger partial charge on any atom is 0.236 e. The van der Waals surface area contributed by atoms with E-state index in [1.54, 1.807) is 17.9 Å². The first-order valence-corrected chi connectivity index (χ1v) is 6.42. The Morgan fingerprint density at radius 2 is 2.18 bits per heavy atom. The molecule has 0 aliphatic heterocycles. The molecule has 1 rings (SSSR count). The fourth-order valence-corrected chi connectivity index (χ4v) is 1.86. The monoisotopic (exact) mass is 294 g/mol. The number of carbonyl (C=O) groups is 1. The minimum absolute atomic E-state index is 0.0419. The number of benzene rings is 1. The molecule has 0 aliphatic rings. The van der Waals surface area contributed by atoms with Crippen molar-refractivity contribution in [3.63, 3.8) is 0 Å². The van der Waals surface area contributed by atoms with Crippen molar-refractivity contribution in [2.45, 2.75) is 25.2 Å². The number of nitrogens with zero attached hydrogens (tertiary/aromatic N) is 2. The Hall–Kier alpha value is -1.34. The number of nitriles is 1. The third-order valence-corrected chi connectivity index (χ3v) is 2.92. The zero-order valence-electron chi connectivity index (χ0n) is 9.98. The van der Waals surface area contributed by atoms with Crippen molar-refractivity contribution < 1.29 is 4.79 Å². The fourth-order valence-electron chi connectivity index (χ4n) is 1.57. The van der Waals surface area contributed by atoms with Gasteiger partial charge in [0, 0.05) is 13.1 Å². The Balaban J connectivity index is 2.89. The van der Waals surface area contributed by atoms with Crippen molar-refractivity contribution in [2.24, 2.45) is 0 Å². The van der Waals surface area contributed by atoms with Gasteiger partial charge >= 0.3 is 0 Å². The average molecular weight is 295 g/mol. The zero-order chi connectivity index (χ0) is 12.8. The van der Waals surface area contributed by atoms with Crippen molar-refractivity contribution in [3.8, 4) is 6.07 Å². The lowest BCUT2D eigenvalue weighted by Gasteiger charge is -2.22. The van der Waals surface area contributed by atoms with Gasteiger partial charge in [-0.1, -0.05) is 34.1 Å². The Morgan fingerprint density at radius 3 is 2.71 bits per heavy atom. The molecule has 3 nitrogen and oxygen atoms in total. The van der Waals surface area contributed by atoms with Gasteiger partial charge in [-0.2, -0.15) is 5.26 Å². The number of amides is 1. The molecular formula is C13H15BrN2O. The molecule has 0 saturated carbocycles. The second-order valence-corrected chi connectivity index (χ2v) is 5.11. The standard InChI is InChI=1S/C13H15BrN2O/c1-3-16(13(17)10(2)14)9-12-7-5-4-6-11(12)8-15/h4-7,10H,3,9H2,1-2H3. The highest BCUT2D eigenvalue weighted by atomic mass is 79.9. The SMILES string of the molecule is CCN(Cc1ccccc1C#N)C(=O)C(C)Br. The van der Waals surface area contributed by atoms with Gasteiger partial charge in [-0.15, -0.1) is 0 Å². The molecule has 0 spiro atoms. The van der Waals surface area contributed by atoms with Gasteiger partial charge in [0.15, 0.2) is 0 Å². The van der Waals surface area contributed by atoms with Crippen LogP contribution in [0.5, 0.6) is 0 Å². The quantitative estimate of drug-likeness (QED) is 0.802. The van der Waals surface area contributed by atoms with Gasteiger partial charge in [0.05, 0.1) is 16.5 Å². The molecule has 0 radical (unpaired) electrons. The third kappa shape index (κ3) is 3.57. The zero-order valence-corrected chi connectivity index (χ0v) is 11.6. The van der Waals surface area contributed by atoms with Gasteiger partial charge in [-0.05, 0) is 25.5 Å². The van der Waals surface area contributed by atoms with E-state index in [2.05, 4.69) is 22.0 Å². The van der Waals surface area contributed by atoms with Gasteiger partial charge in [0.25, 0.3) is 0 Å². The summed E-state index contributed by atoms with van der Waals surface area (Å²) in [6, 6.07) is 9.50. The van der Waals surface area contributed by atoms with E-state index in [9.17, 15) is 4.79 Å². The molecule has 0 N–H and O–H groups in total. The summed E-state index contributed by atoms with van der Waals surface area (Å²) in [4.78, 5) is 13.4. The molecule has 0 fully saturated rings. The molecule has 1 aromatic carbocycles. The summed E-state index contributed by atoms with van der Waals surface area (Å²) in [7, 11) is 0. The molecule has 0 saturated heterocycles. The van der Waals surface area contributed by atoms with Gasteiger partial charge in [-0.3, -0.25) is 4.79 Å². The van der Waals surface area contributed by atoms with Gasteiger partial charge < -0.3 is 4.90 Å². The molecule has 90 valence electrons. The summed E-state index contributed by atoms with van der Waals surface area (Å²) in [5.74, 6) is 0.0419. The van der Waals surface area contributed by atoms with E-state index < -0.39 is 0 Å². The van der Waals surface area contributed by atoms with Crippen LogP contribution in [-0.4, -0.2) is 22.2 Å². The van der Waals surface area contributed by atoms with Crippen LogP contribution in [0.2, 0.25) is 0 Å². The number of carbonyl (C=O) groups excluding carboxylic acids is 1. The van der Waals surface area contributed by atoms with Gasteiger partial charge in [0.1, 0.15) is 0 Å². The number of rotatable bonds is 4. The molecule has 4 heteroatoms. The summed E-state index contributed by atoms with van der Waals surface area (Å²) in [6.45, 7) is 4.85. The topological polar surface area (TPSA) is 44.1 Å². The highest BCUT2D eigenvalue weighted by Gasteiger charge is 2.17. The van der Waals surface area contributed by atoms with Crippen LogP contribution in [-0.2, 0) is 11.3 Å². The van der Waals surface area contributed by atoms with Gasteiger partial charge in [0.2, 0.25) is 5.91 Å². The Kier molecular flexibility index (Phi) is 5.17. The Bertz CT molecular complexity index is 437. The fraction of sp³-hybridized carbons (Fsp3) is 0.385. The molecule has 1 atom stereocenters. The molecule has 0 aliphatic carbocycles. The largest absolute Gasteiger partial charge is 0.338 e. The van der Waals surface area contributed by atoms with E-state index in [1.807, 2.05) is 25.1 Å². The second kappa shape index (κ2) is 6.41. The lowest BCUT2D eigenvalue weighted by molar-refractivity contribution is -0.130. The number of alkyl halides is 1. The first kappa shape index (κ1) is 13.7. The highest BCUT2D eigenvalue weighted by Crippen LogP contribution is 2.13. The van der Waals surface area contributed by atoms with Crippen molar-refractivity contribution >= 4 is 21.8 Å². The molecule has 17 heavy (non-hydrogen) atoms. The van der Waals surface area contributed by atoms with Crippen molar-refractivity contribution in [1.82, 2.24) is 4.90 Å². The van der Waals surface area contributed by atoms with Crippen LogP contribution >= 0.6 is 15.9 Å². The van der Waals surface area contributed by atoms with Crippen LogP contribution in [0.3, 0.4) is 0 Å². The predicted molar refractivity (Wildman–Crippen MR) is 70.6 cm³/mol. The lowest BCUT2D eigenvalue weighted by Crippen LogP contribution is -2.35. The van der Waals surface area contributed by atoms with E-state index in [0.29, 0.717) is 18.7 Å².